The highest BCUT2D eigenvalue weighted by atomic mass is 127. The van der Waals surface area contributed by atoms with Crippen molar-refractivity contribution >= 4 is 28.5 Å². The number of carbonyl (C=O) groups excluding carboxylic acids is 1. The van der Waals surface area contributed by atoms with E-state index in [0.717, 1.165) is 3.57 Å². The lowest BCUT2D eigenvalue weighted by Crippen LogP contribution is -2.38. The third-order valence-corrected chi connectivity index (χ3v) is 2.96. The van der Waals surface area contributed by atoms with E-state index in [0.29, 0.717) is 12.0 Å². The first-order valence-corrected chi connectivity index (χ1v) is 6.05. The average Bonchev–Trinajstić information content (AvgIpc) is 2.25. The molecule has 1 N–H and O–H groups in total. The first-order valence-electron chi connectivity index (χ1n) is 4.97. The molecule has 0 saturated heterocycles. The van der Waals surface area contributed by atoms with Crippen LogP contribution < -0.4 is 5.32 Å². The second-order valence-electron chi connectivity index (χ2n) is 3.48. The highest BCUT2D eigenvalue weighted by Crippen LogP contribution is 2.21. The Bertz CT molecular complexity index is 389. The molecule has 1 amide bonds. The van der Waals surface area contributed by atoms with Crippen LogP contribution in [0.2, 0.25) is 0 Å². The van der Waals surface area contributed by atoms with E-state index in [-0.39, 0.29) is 0 Å². The van der Waals surface area contributed by atoms with E-state index in [4.69, 9.17) is 0 Å². The van der Waals surface area contributed by atoms with Crippen molar-refractivity contribution in [2.45, 2.75) is 25.6 Å². The minimum atomic E-state index is -4.84. The van der Waals surface area contributed by atoms with Crippen LogP contribution >= 0.6 is 22.6 Å². The predicted octanol–water partition coefficient (Wildman–Crippen LogP) is 3.42. The van der Waals surface area contributed by atoms with Crippen LogP contribution in [0.5, 0.6) is 0 Å². The molecule has 1 atom stereocenters. The molecule has 0 aliphatic carbocycles. The minimum Gasteiger partial charge on any atom is -0.341 e. The van der Waals surface area contributed by atoms with Gasteiger partial charge in [0, 0.05) is 3.57 Å². The Labute approximate surface area is 111 Å². The van der Waals surface area contributed by atoms with Crippen LogP contribution in [-0.4, -0.2) is 12.1 Å². The lowest BCUT2D eigenvalue weighted by molar-refractivity contribution is -0.174. The third kappa shape index (κ3) is 4.18. The Morgan fingerprint density at radius 1 is 1.35 bits per heavy atom. The van der Waals surface area contributed by atoms with Gasteiger partial charge >= 0.3 is 12.1 Å². The van der Waals surface area contributed by atoms with Gasteiger partial charge in [-0.1, -0.05) is 19.1 Å². The van der Waals surface area contributed by atoms with Crippen LogP contribution in [-0.2, 0) is 4.79 Å². The van der Waals surface area contributed by atoms with Crippen molar-refractivity contribution in [2.24, 2.45) is 0 Å². The molecule has 6 heteroatoms. The molecule has 0 bridgehead atoms. The van der Waals surface area contributed by atoms with Crippen LogP contribution in [0.25, 0.3) is 0 Å². The van der Waals surface area contributed by atoms with E-state index < -0.39 is 18.1 Å². The van der Waals surface area contributed by atoms with Gasteiger partial charge in [0.1, 0.15) is 0 Å². The Morgan fingerprint density at radius 3 is 2.29 bits per heavy atom. The number of halogens is 4. The molecule has 0 aromatic heterocycles. The maximum absolute atomic E-state index is 12.1. The van der Waals surface area contributed by atoms with E-state index in [9.17, 15) is 18.0 Å². The molecule has 0 radical (unpaired) electrons. The van der Waals surface area contributed by atoms with E-state index in [1.165, 1.54) is 0 Å². The molecular weight excluding hydrogens is 346 g/mol. The van der Waals surface area contributed by atoms with Gasteiger partial charge in [0.05, 0.1) is 6.04 Å². The number of carbonyl (C=O) groups is 1. The largest absolute Gasteiger partial charge is 0.471 e. The Morgan fingerprint density at radius 2 is 1.88 bits per heavy atom. The topological polar surface area (TPSA) is 29.1 Å². The number of amides is 1. The molecule has 1 rings (SSSR count). The summed E-state index contributed by atoms with van der Waals surface area (Å²) in [6.07, 6.45) is -4.43. The van der Waals surface area contributed by atoms with Crippen molar-refractivity contribution in [1.29, 1.82) is 0 Å². The number of rotatable bonds is 3. The second kappa shape index (κ2) is 5.70. The predicted molar refractivity (Wildman–Crippen MR) is 66.4 cm³/mol. The van der Waals surface area contributed by atoms with Crippen molar-refractivity contribution in [3.05, 3.63) is 33.4 Å². The van der Waals surface area contributed by atoms with Gasteiger partial charge in [0.25, 0.3) is 0 Å². The monoisotopic (exact) mass is 357 g/mol. The van der Waals surface area contributed by atoms with Gasteiger partial charge < -0.3 is 5.32 Å². The molecule has 0 aliphatic rings. The number of hydrogen-bond donors (Lipinski definition) is 1. The van der Waals surface area contributed by atoms with E-state index in [1.54, 1.807) is 31.2 Å². The summed E-state index contributed by atoms with van der Waals surface area (Å²) in [6, 6.07) is 6.40. The third-order valence-electron chi connectivity index (χ3n) is 2.24. The maximum atomic E-state index is 12.1. The smallest absolute Gasteiger partial charge is 0.341 e. The quantitative estimate of drug-likeness (QED) is 0.826. The number of benzene rings is 1. The Hall–Kier alpha value is -0.790. The molecule has 0 aliphatic heterocycles. The fourth-order valence-corrected chi connectivity index (χ4v) is 1.72. The van der Waals surface area contributed by atoms with Gasteiger partial charge in [-0.15, -0.1) is 0 Å². The molecule has 0 fully saturated rings. The molecule has 17 heavy (non-hydrogen) atoms. The van der Waals surface area contributed by atoms with E-state index >= 15 is 0 Å². The van der Waals surface area contributed by atoms with Gasteiger partial charge in [-0.3, -0.25) is 4.79 Å². The molecular formula is C11H11F3INO. The lowest BCUT2D eigenvalue weighted by Gasteiger charge is -2.18. The Balaban J connectivity index is 2.79. The van der Waals surface area contributed by atoms with Crippen LogP contribution in [0.15, 0.2) is 24.3 Å². The fourth-order valence-electron chi connectivity index (χ4n) is 1.36. The Kier molecular flexibility index (Phi) is 4.79. The maximum Gasteiger partial charge on any atom is 0.471 e. The summed E-state index contributed by atoms with van der Waals surface area (Å²) < 4.78 is 37.3. The average molecular weight is 357 g/mol. The fraction of sp³-hybridized carbons (Fsp3) is 0.364. The molecule has 0 spiro atoms. The first kappa shape index (κ1) is 14.3. The van der Waals surface area contributed by atoms with E-state index in [2.05, 4.69) is 22.6 Å². The number of hydrogen-bond acceptors (Lipinski definition) is 1. The zero-order chi connectivity index (χ0) is 13.1. The van der Waals surface area contributed by atoms with Gasteiger partial charge in [-0.05, 0) is 46.7 Å². The molecule has 2 nitrogen and oxygen atoms in total. The number of alkyl halides is 3. The summed E-state index contributed by atoms with van der Waals surface area (Å²) in [4.78, 5) is 10.8. The van der Waals surface area contributed by atoms with Crippen LogP contribution in [0.1, 0.15) is 24.9 Å². The van der Waals surface area contributed by atoms with Crippen molar-refractivity contribution in [1.82, 2.24) is 5.32 Å². The van der Waals surface area contributed by atoms with Crippen molar-refractivity contribution in [2.75, 3.05) is 0 Å². The van der Waals surface area contributed by atoms with Gasteiger partial charge in [0.2, 0.25) is 0 Å². The highest BCUT2D eigenvalue weighted by Gasteiger charge is 2.39. The van der Waals surface area contributed by atoms with Crippen molar-refractivity contribution < 1.29 is 18.0 Å². The van der Waals surface area contributed by atoms with Crippen LogP contribution in [0.4, 0.5) is 13.2 Å². The zero-order valence-corrected chi connectivity index (χ0v) is 11.2. The summed E-state index contributed by atoms with van der Waals surface area (Å²) in [7, 11) is 0. The van der Waals surface area contributed by atoms with Crippen LogP contribution in [0, 0.1) is 3.57 Å². The molecule has 1 aromatic rings. The first-order chi connectivity index (χ1) is 7.84. The molecule has 0 saturated carbocycles. The van der Waals surface area contributed by atoms with Crippen LogP contribution in [0.3, 0.4) is 0 Å². The standard InChI is InChI=1S/C11H11F3INO/c1-2-9(16-10(17)11(12,13)14)7-3-5-8(15)6-4-7/h3-6,9H,2H2,1H3,(H,16,17)/t9-/m0/s1. The van der Waals surface area contributed by atoms with Crippen molar-refractivity contribution in [3.8, 4) is 0 Å². The lowest BCUT2D eigenvalue weighted by atomic mass is 10.0. The summed E-state index contributed by atoms with van der Waals surface area (Å²) in [5, 5.41) is 1.98. The summed E-state index contributed by atoms with van der Waals surface area (Å²) in [5.41, 5.74) is 0.672. The van der Waals surface area contributed by atoms with Gasteiger partial charge in [-0.2, -0.15) is 13.2 Å². The highest BCUT2D eigenvalue weighted by molar-refractivity contribution is 14.1. The molecule has 0 unspecified atom stereocenters. The van der Waals surface area contributed by atoms with E-state index in [1.807, 2.05) is 5.32 Å². The molecule has 94 valence electrons. The van der Waals surface area contributed by atoms with Gasteiger partial charge in [-0.25, -0.2) is 0 Å². The number of nitrogens with one attached hydrogen (secondary N) is 1. The molecule has 0 heterocycles. The zero-order valence-electron chi connectivity index (χ0n) is 9.01. The summed E-state index contributed by atoms with van der Waals surface area (Å²) in [5.74, 6) is -1.90. The second-order valence-corrected chi connectivity index (χ2v) is 4.73. The SMILES string of the molecule is CC[C@H](NC(=O)C(F)(F)F)c1ccc(I)cc1. The summed E-state index contributed by atoms with van der Waals surface area (Å²) in [6.45, 7) is 1.72. The van der Waals surface area contributed by atoms with Gasteiger partial charge in [0.15, 0.2) is 0 Å². The normalized spacial score (nSPS) is 13.2. The molecule has 1 aromatic carbocycles. The minimum absolute atomic E-state index is 0.405. The summed E-state index contributed by atoms with van der Waals surface area (Å²) >= 11 is 2.10. The van der Waals surface area contributed by atoms with Crippen molar-refractivity contribution in [3.63, 3.8) is 0 Å².